The second-order valence-electron chi connectivity index (χ2n) is 10.3. The number of hydrazone groups is 1. The van der Waals surface area contributed by atoms with Crippen LogP contribution >= 0.6 is 0 Å². The number of nitrogens with one attached hydrogen (secondary N) is 2. The minimum atomic E-state index is -2.51. The van der Waals surface area contributed by atoms with Gasteiger partial charge in [0.25, 0.3) is 5.91 Å². The van der Waals surface area contributed by atoms with Gasteiger partial charge in [0.2, 0.25) is 5.92 Å². The summed E-state index contributed by atoms with van der Waals surface area (Å²) in [5, 5.41) is 5.18. The lowest BCUT2D eigenvalue weighted by Crippen LogP contribution is -2.44. The van der Waals surface area contributed by atoms with Crippen LogP contribution in [-0.2, 0) is 0 Å². The smallest absolute Gasteiger partial charge is 0.272 e. The van der Waals surface area contributed by atoms with E-state index >= 15 is 0 Å². The Morgan fingerprint density at radius 3 is 2.52 bits per heavy atom. The average molecular weight is 461 g/mol. The number of piperidine rings is 1. The van der Waals surface area contributed by atoms with Crippen molar-refractivity contribution in [1.82, 2.24) is 15.3 Å². The summed E-state index contributed by atoms with van der Waals surface area (Å²) in [7, 11) is 0. The lowest BCUT2D eigenvalue weighted by molar-refractivity contribution is -0.0558. The van der Waals surface area contributed by atoms with Crippen LogP contribution in [0.5, 0.6) is 0 Å². The number of hydrogen-bond donors (Lipinski definition) is 2. The number of hydrogen-bond acceptors (Lipinski definition) is 3. The van der Waals surface area contributed by atoms with Crippen LogP contribution < -0.4 is 5.43 Å². The summed E-state index contributed by atoms with van der Waals surface area (Å²) in [6.45, 7) is 5.92. The molecule has 1 aromatic carbocycles. The molecule has 178 valence electrons. The van der Waals surface area contributed by atoms with Gasteiger partial charge in [-0.25, -0.2) is 18.6 Å². The molecule has 2 aromatic rings. The van der Waals surface area contributed by atoms with E-state index in [2.05, 4.69) is 34.3 Å². The summed E-state index contributed by atoms with van der Waals surface area (Å²) >= 11 is 0. The van der Waals surface area contributed by atoms with Crippen LogP contribution in [0.3, 0.4) is 0 Å². The number of aromatic amines is 1. The molecule has 2 fully saturated rings. The summed E-state index contributed by atoms with van der Waals surface area (Å²) in [5.41, 5.74) is 6.31. The molecular weight excluding hydrogens is 429 g/mol. The molecule has 0 spiro atoms. The fourth-order valence-corrected chi connectivity index (χ4v) is 5.81. The molecule has 1 saturated carbocycles. The normalized spacial score (nSPS) is 22.5. The SMILES string of the molecule is CC(C)CC1=NNC(=O)c2cc(F)cc3[nH]c(C4CCN(C5CCC(F)(F)CC5)CC4)c1c23. The van der Waals surface area contributed by atoms with E-state index in [0.717, 1.165) is 48.3 Å². The highest BCUT2D eigenvalue weighted by atomic mass is 19.3. The highest BCUT2D eigenvalue weighted by Gasteiger charge is 2.38. The molecule has 2 N–H and O–H groups in total. The Morgan fingerprint density at radius 2 is 1.85 bits per heavy atom. The van der Waals surface area contributed by atoms with E-state index in [0.29, 0.717) is 36.3 Å². The molecule has 1 saturated heterocycles. The largest absolute Gasteiger partial charge is 0.357 e. The molecule has 8 heteroatoms. The van der Waals surface area contributed by atoms with Crippen LogP contribution in [0, 0.1) is 11.7 Å². The number of alkyl halides is 2. The number of likely N-dealkylation sites (tertiary alicyclic amines) is 1. The van der Waals surface area contributed by atoms with E-state index in [1.807, 2.05) is 0 Å². The number of aromatic nitrogens is 1. The second kappa shape index (κ2) is 8.46. The Morgan fingerprint density at radius 1 is 1.15 bits per heavy atom. The van der Waals surface area contributed by atoms with Crippen LogP contribution in [0.2, 0.25) is 0 Å². The zero-order valence-corrected chi connectivity index (χ0v) is 19.2. The van der Waals surface area contributed by atoms with Crippen molar-refractivity contribution in [2.45, 2.75) is 76.7 Å². The van der Waals surface area contributed by atoms with Crippen molar-refractivity contribution < 1.29 is 18.0 Å². The molecule has 3 aliphatic rings. The van der Waals surface area contributed by atoms with Crippen LogP contribution in [0.4, 0.5) is 13.2 Å². The molecule has 0 atom stereocenters. The van der Waals surface area contributed by atoms with E-state index in [9.17, 15) is 18.0 Å². The Balaban J connectivity index is 1.45. The number of carbonyl (C=O) groups excluding carboxylic acids is 1. The first-order valence-corrected chi connectivity index (χ1v) is 12.1. The molecule has 0 bridgehead atoms. The highest BCUT2D eigenvalue weighted by molar-refractivity contribution is 6.20. The number of halogens is 3. The zero-order chi connectivity index (χ0) is 23.3. The molecule has 3 heterocycles. The molecule has 1 aliphatic carbocycles. The number of carbonyl (C=O) groups is 1. The maximum Gasteiger partial charge on any atom is 0.272 e. The van der Waals surface area contributed by atoms with Crippen molar-refractivity contribution in [2.24, 2.45) is 11.0 Å². The summed E-state index contributed by atoms with van der Waals surface area (Å²) in [4.78, 5) is 18.5. The predicted octanol–water partition coefficient (Wildman–Crippen LogP) is 5.56. The first kappa shape index (κ1) is 22.4. The maximum atomic E-state index is 14.3. The molecule has 0 radical (unpaired) electrons. The molecule has 1 amide bonds. The van der Waals surface area contributed by atoms with Crippen molar-refractivity contribution in [3.8, 4) is 0 Å². The summed E-state index contributed by atoms with van der Waals surface area (Å²) in [5.74, 6) is -2.80. The number of amides is 1. The fraction of sp³-hybridized carbons (Fsp3) is 0.600. The molecule has 5 rings (SSSR count). The van der Waals surface area contributed by atoms with Crippen LogP contribution in [0.15, 0.2) is 17.2 Å². The minimum Gasteiger partial charge on any atom is -0.357 e. The van der Waals surface area contributed by atoms with Gasteiger partial charge in [-0.05, 0) is 63.2 Å². The van der Waals surface area contributed by atoms with Gasteiger partial charge in [0.1, 0.15) is 5.82 Å². The Labute approximate surface area is 191 Å². The van der Waals surface area contributed by atoms with Crippen molar-refractivity contribution in [1.29, 1.82) is 0 Å². The van der Waals surface area contributed by atoms with Gasteiger partial charge >= 0.3 is 0 Å². The van der Waals surface area contributed by atoms with Crippen LogP contribution in [-0.4, -0.2) is 46.6 Å². The summed E-state index contributed by atoms with van der Waals surface area (Å²) in [6.07, 6.45) is 3.55. The first-order chi connectivity index (χ1) is 15.7. The topological polar surface area (TPSA) is 60.5 Å². The molecule has 33 heavy (non-hydrogen) atoms. The van der Waals surface area contributed by atoms with Crippen LogP contribution in [0.1, 0.15) is 86.3 Å². The standard InChI is InChI=1S/C25H31F3N4O/c1-14(2)11-20-22-21-18(24(33)31-30-20)12-16(26)13-19(21)29-23(22)15-5-9-32(10-6-15)17-3-7-25(27,28)8-4-17/h12-15,17,29H,3-11H2,1-2H3,(H,31,33). The van der Waals surface area contributed by atoms with E-state index in [4.69, 9.17) is 0 Å². The zero-order valence-electron chi connectivity index (χ0n) is 19.2. The lowest BCUT2D eigenvalue weighted by Gasteiger charge is -2.40. The van der Waals surface area contributed by atoms with Crippen LogP contribution in [0.25, 0.3) is 10.9 Å². The molecule has 2 aliphatic heterocycles. The molecule has 5 nitrogen and oxygen atoms in total. The van der Waals surface area contributed by atoms with Gasteiger partial charge in [0.05, 0.1) is 16.8 Å². The van der Waals surface area contributed by atoms with Gasteiger partial charge in [-0.2, -0.15) is 5.10 Å². The number of benzene rings is 1. The second-order valence-corrected chi connectivity index (χ2v) is 10.3. The quantitative estimate of drug-likeness (QED) is 0.628. The third-order valence-corrected chi connectivity index (χ3v) is 7.46. The number of nitrogens with zero attached hydrogens (tertiary/aromatic N) is 2. The summed E-state index contributed by atoms with van der Waals surface area (Å²) < 4.78 is 41.5. The molecular formula is C25H31F3N4O. The Hall–Kier alpha value is -2.35. The van der Waals surface area contributed by atoms with E-state index < -0.39 is 17.6 Å². The van der Waals surface area contributed by atoms with Gasteiger partial charge in [-0.1, -0.05) is 13.8 Å². The minimum absolute atomic E-state index is 0.0197. The van der Waals surface area contributed by atoms with Crippen molar-refractivity contribution in [3.63, 3.8) is 0 Å². The van der Waals surface area contributed by atoms with Crippen molar-refractivity contribution in [3.05, 3.63) is 34.8 Å². The third-order valence-electron chi connectivity index (χ3n) is 7.46. The van der Waals surface area contributed by atoms with Crippen molar-refractivity contribution >= 4 is 22.5 Å². The van der Waals surface area contributed by atoms with Gasteiger partial charge in [0, 0.05) is 41.4 Å². The average Bonchev–Trinajstić information content (AvgIpc) is 3.08. The van der Waals surface area contributed by atoms with Gasteiger partial charge in [-0.3, -0.25) is 4.79 Å². The number of H-pyrrole nitrogens is 1. The van der Waals surface area contributed by atoms with Gasteiger partial charge in [0.15, 0.2) is 0 Å². The van der Waals surface area contributed by atoms with E-state index in [1.54, 1.807) is 0 Å². The number of rotatable bonds is 4. The molecule has 1 aromatic heterocycles. The summed E-state index contributed by atoms with van der Waals surface area (Å²) in [6, 6.07) is 2.97. The van der Waals surface area contributed by atoms with Gasteiger partial charge < -0.3 is 9.88 Å². The van der Waals surface area contributed by atoms with E-state index in [-0.39, 0.29) is 24.8 Å². The van der Waals surface area contributed by atoms with E-state index in [1.165, 1.54) is 12.1 Å². The lowest BCUT2D eigenvalue weighted by atomic mass is 9.85. The Bertz CT molecular complexity index is 1090. The first-order valence-electron chi connectivity index (χ1n) is 12.1. The van der Waals surface area contributed by atoms with Crippen molar-refractivity contribution in [2.75, 3.05) is 13.1 Å². The predicted molar refractivity (Wildman–Crippen MR) is 122 cm³/mol. The monoisotopic (exact) mass is 460 g/mol. The third kappa shape index (κ3) is 4.29. The highest BCUT2D eigenvalue weighted by Crippen LogP contribution is 2.40. The Kier molecular flexibility index (Phi) is 5.75. The van der Waals surface area contributed by atoms with Gasteiger partial charge in [-0.15, -0.1) is 0 Å². The maximum absolute atomic E-state index is 14.3. The molecule has 0 unspecified atom stereocenters. The fourth-order valence-electron chi connectivity index (χ4n) is 5.81.